The number of carboxylic acid groups (broad SMARTS) is 1. The molecule has 100 valence electrons. The summed E-state index contributed by atoms with van der Waals surface area (Å²) >= 11 is 0. The highest BCUT2D eigenvalue weighted by molar-refractivity contribution is 5.92. The second-order valence-electron chi connectivity index (χ2n) is 5.13. The van der Waals surface area contributed by atoms with Crippen molar-refractivity contribution in [3.05, 3.63) is 23.8 Å². The Labute approximate surface area is 110 Å². The van der Waals surface area contributed by atoms with Crippen LogP contribution in [0.15, 0.2) is 18.2 Å². The maximum absolute atomic E-state index is 11.1. The van der Waals surface area contributed by atoms with E-state index in [1.807, 2.05) is 6.92 Å². The number of hydrogen-bond donors (Lipinski definition) is 1. The van der Waals surface area contributed by atoms with Crippen LogP contribution in [0, 0.1) is 0 Å². The molecule has 1 aromatic heterocycles. The van der Waals surface area contributed by atoms with E-state index in [0.717, 1.165) is 11.9 Å². The Morgan fingerprint density at radius 2 is 2.37 bits per heavy atom. The van der Waals surface area contributed by atoms with Gasteiger partial charge in [-0.1, -0.05) is 5.21 Å². The van der Waals surface area contributed by atoms with E-state index < -0.39 is 5.97 Å². The fraction of sp³-hybridized carbons (Fsp3) is 0.462. The molecular formula is C13H15N3O3. The minimum atomic E-state index is -0.949. The minimum absolute atomic E-state index is 0.0193. The highest BCUT2D eigenvalue weighted by Crippen LogP contribution is 2.34. The summed E-state index contributed by atoms with van der Waals surface area (Å²) < 4.78 is 7.41. The van der Waals surface area contributed by atoms with Gasteiger partial charge in [-0.05, 0) is 38.5 Å². The van der Waals surface area contributed by atoms with Gasteiger partial charge in [-0.2, -0.15) is 0 Å². The van der Waals surface area contributed by atoms with E-state index in [9.17, 15) is 4.79 Å². The Hall–Kier alpha value is -1.95. The smallest absolute Gasteiger partial charge is 0.335 e. The van der Waals surface area contributed by atoms with Crippen LogP contribution in [0.5, 0.6) is 0 Å². The van der Waals surface area contributed by atoms with Crippen molar-refractivity contribution in [2.24, 2.45) is 0 Å². The van der Waals surface area contributed by atoms with E-state index in [-0.39, 0.29) is 17.2 Å². The van der Waals surface area contributed by atoms with Crippen molar-refractivity contribution in [1.82, 2.24) is 15.0 Å². The number of benzene rings is 1. The predicted molar refractivity (Wildman–Crippen MR) is 68.2 cm³/mol. The summed E-state index contributed by atoms with van der Waals surface area (Å²) in [6, 6.07) is 4.85. The molecule has 0 aliphatic carbocycles. The maximum atomic E-state index is 11.1. The number of ether oxygens (including phenoxy) is 1. The highest BCUT2D eigenvalue weighted by Gasteiger charge is 2.40. The summed E-state index contributed by atoms with van der Waals surface area (Å²) in [6.45, 7) is 4.74. The zero-order valence-electron chi connectivity index (χ0n) is 10.8. The predicted octanol–water partition coefficient (Wildman–Crippen LogP) is 1.65. The second-order valence-corrected chi connectivity index (χ2v) is 5.13. The number of aromatic nitrogens is 3. The molecule has 6 nitrogen and oxygen atoms in total. The molecule has 0 bridgehead atoms. The first-order valence-electron chi connectivity index (χ1n) is 6.23. The molecule has 1 saturated heterocycles. The lowest BCUT2D eigenvalue weighted by molar-refractivity contribution is 0.0696. The molecule has 2 aromatic rings. The normalized spacial score (nSPS) is 26.9. The number of hydrogen-bond acceptors (Lipinski definition) is 4. The molecule has 1 N–H and O–H groups in total. The van der Waals surface area contributed by atoms with Crippen molar-refractivity contribution in [3.63, 3.8) is 0 Å². The number of rotatable bonds is 2. The molecule has 3 rings (SSSR count). The molecule has 0 saturated carbocycles. The van der Waals surface area contributed by atoms with Gasteiger partial charge >= 0.3 is 5.97 Å². The number of carboxylic acids is 1. The van der Waals surface area contributed by atoms with Gasteiger partial charge in [0.15, 0.2) is 0 Å². The van der Waals surface area contributed by atoms with Crippen LogP contribution in [0.3, 0.4) is 0 Å². The van der Waals surface area contributed by atoms with E-state index in [1.54, 1.807) is 22.9 Å². The summed E-state index contributed by atoms with van der Waals surface area (Å²) in [6.07, 6.45) is 0.857. The van der Waals surface area contributed by atoms with Crippen LogP contribution in [0.4, 0.5) is 0 Å². The third-order valence-electron chi connectivity index (χ3n) is 4.03. The Morgan fingerprint density at radius 1 is 1.58 bits per heavy atom. The zero-order valence-corrected chi connectivity index (χ0v) is 10.8. The molecule has 0 spiro atoms. The van der Waals surface area contributed by atoms with E-state index in [0.29, 0.717) is 12.1 Å². The first kappa shape index (κ1) is 12.1. The third kappa shape index (κ3) is 1.71. The average Bonchev–Trinajstić information content (AvgIpc) is 2.94. The molecular weight excluding hydrogens is 246 g/mol. The third-order valence-corrected chi connectivity index (χ3v) is 4.03. The fourth-order valence-corrected chi connectivity index (χ4v) is 2.53. The molecule has 19 heavy (non-hydrogen) atoms. The van der Waals surface area contributed by atoms with Gasteiger partial charge in [0.05, 0.1) is 22.7 Å². The summed E-state index contributed by atoms with van der Waals surface area (Å²) in [7, 11) is 0. The molecule has 2 unspecified atom stereocenters. The molecule has 1 fully saturated rings. The van der Waals surface area contributed by atoms with E-state index in [4.69, 9.17) is 9.84 Å². The van der Waals surface area contributed by atoms with Crippen molar-refractivity contribution in [2.45, 2.75) is 31.9 Å². The van der Waals surface area contributed by atoms with Crippen molar-refractivity contribution in [2.75, 3.05) is 6.61 Å². The van der Waals surface area contributed by atoms with Gasteiger partial charge in [0.1, 0.15) is 5.52 Å². The molecule has 2 heterocycles. The van der Waals surface area contributed by atoms with Gasteiger partial charge in [0, 0.05) is 6.61 Å². The largest absolute Gasteiger partial charge is 0.478 e. The average molecular weight is 261 g/mol. The summed E-state index contributed by atoms with van der Waals surface area (Å²) in [5, 5.41) is 17.4. The first-order valence-corrected chi connectivity index (χ1v) is 6.23. The monoisotopic (exact) mass is 261 g/mol. The van der Waals surface area contributed by atoms with Gasteiger partial charge in [0.2, 0.25) is 0 Å². The Kier molecular flexibility index (Phi) is 2.56. The molecule has 1 aliphatic heterocycles. The number of carbonyl (C=O) groups is 1. The van der Waals surface area contributed by atoms with Crippen molar-refractivity contribution in [3.8, 4) is 0 Å². The summed E-state index contributed by atoms with van der Waals surface area (Å²) in [4.78, 5) is 11.1. The van der Waals surface area contributed by atoms with Crippen molar-refractivity contribution < 1.29 is 14.6 Å². The summed E-state index contributed by atoms with van der Waals surface area (Å²) in [5.41, 5.74) is 1.39. The molecule has 1 aromatic carbocycles. The summed E-state index contributed by atoms with van der Waals surface area (Å²) in [5.74, 6) is -0.949. The Balaban J connectivity index is 2.19. The Morgan fingerprint density at radius 3 is 3.00 bits per heavy atom. The molecule has 0 radical (unpaired) electrons. The minimum Gasteiger partial charge on any atom is -0.478 e. The van der Waals surface area contributed by atoms with Crippen LogP contribution in [-0.4, -0.2) is 38.8 Å². The van der Waals surface area contributed by atoms with Crippen molar-refractivity contribution >= 4 is 17.0 Å². The quantitative estimate of drug-likeness (QED) is 0.889. The van der Waals surface area contributed by atoms with Gasteiger partial charge in [-0.15, -0.1) is 5.10 Å². The standard InChI is InChI=1S/C13H15N3O3/c1-8-13(2,5-6-19-8)16-11-7-9(12(17)18)3-4-10(11)14-15-16/h3-4,7-8H,5-6H2,1-2H3,(H,17,18). The lowest BCUT2D eigenvalue weighted by Gasteiger charge is -2.28. The van der Waals surface area contributed by atoms with Crippen LogP contribution in [0.1, 0.15) is 30.6 Å². The van der Waals surface area contributed by atoms with E-state index in [2.05, 4.69) is 17.2 Å². The van der Waals surface area contributed by atoms with Crippen molar-refractivity contribution in [1.29, 1.82) is 0 Å². The maximum Gasteiger partial charge on any atom is 0.335 e. The van der Waals surface area contributed by atoms with Gasteiger partial charge in [-0.3, -0.25) is 0 Å². The molecule has 0 amide bonds. The van der Waals surface area contributed by atoms with E-state index >= 15 is 0 Å². The topological polar surface area (TPSA) is 77.2 Å². The Bertz CT molecular complexity index is 652. The van der Waals surface area contributed by atoms with Crippen LogP contribution in [0.2, 0.25) is 0 Å². The van der Waals surface area contributed by atoms with Gasteiger partial charge < -0.3 is 9.84 Å². The zero-order chi connectivity index (χ0) is 13.6. The molecule has 1 aliphatic rings. The molecule has 2 atom stereocenters. The number of fused-ring (bicyclic) bond motifs is 1. The van der Waals surface area contributed by atoms with E-state index in [1.165, 1.54) is 0 Å². The first-order chi connectivity index (χ1) is 9.02. The molecule has 6 heteroatoms. The van der Waals surface area contributed by atoms with Crippen LogP contribution >= 0.6 is 0 Å². The SMILES string of the molecule is CC1OCCC1(C)n1nnc2ccc(C(=O)O)cc21. The van der Waals surface area contributed by atoms with Crippen LogP contribution in [-0.2, 0) is 10.3 Å². The highest BCUT2D eigenvalue weighted by atomic mass is 16.5. The second kappa shape index (κ2) is 4.03. The van der Waals surface area contributed by atoms with Gasteiger partial charge in [-0.25, -0.2) is 9.48 Å². The number of nitrogens with zero attached hydrogens (tertiary/aromatic N) is 3. The van der Waals surface area contributed by atoms with Crippen LogP contribution < -0.4 is 0 Å². The lowest BCUT2D eigenvalue weighted by Crippen LogP contribution is -2.37. The fourth-order valence-electron chi connectivity index (χ4n) is 2.53. The van der Waals surface area contributed by atoms with Crippen LogP contribution in [0.25, 0.3) is 11.0 Å². The lowest BCUT2D eigenvalue weighted by atomic mass is 9.94. The van der Waals surface area contributed by atoms with Gasteiger partial charge in [0.25, 0.3) is 0 Å². The number of aromatic carboxylic acids is 1.